The third-order valence-electron chi connectivity index (χ3n) is 4.54. The predicted octanol–water partition coefficient (Wildman–Crippen LogP) is 3.19. The van der Waals surface area contributed by atoms with Crippen LogP contribution in [0.5, 0.6) is 0 Å². The monoisotopic (exact) mass is 473 g/mol. The van der Waals surface area contributed by atoms with Crippen molar-refractivity contribution in [2.75, 3.05) is 11.5 Å². The summed E-state index contributed by atoms with van der Waals surface area (Å²) >= 11 is 3.30. The summed E-state index contributed by atoms with van der Waals surface area (Å²) in [4.78, 5) is 52.0. The van der Waals surface area contributed by atoms with Crippen molar-refractivity contribution in [1.29, 1.82) is 0 Å². The average Bonchev–Trinajstić information content (AvgIpc) is 3.01. The molecule has 1 atom stereocenters. The molecule has 1 aliphatic heterocycles. The molecule has 156 valence electrons. The average molecular weight is 474 g/mol. The summed E-state index contributed by atoms with van der Waals surface area (Å²) in [6.45, 7) is 3.58. The van der Waals surface area contributed by atoms with Gasteiger partial charge in [0.2, 0.25) is 5.91 Å². The molecule has 0 bridgehead atoms. The fourth-order valence-electron chi connectivity index (χ4n) is 3.08. The number of imide groups is 1. The van der Waals surface area contributed by atoms with Crippen molar-refractivity contribution in [3.05, 3.63) is 64.1 Å². The van der Waals surface area contributed by atoms with E-state index in [-0.39, 0.29) is 18.6 Å². The number of hydrazine groups is 1. The normalized spacial score (nSPS) is 15.8. The maximum absolute atomic E-state index is 13.2. The second-order valence-electron chi connectivity index (χ2n) is 6.61. The lowest BCUT2D eigenvalue weighted by Gasteiger charge is -2.27. The van der Waals surface area contributed by atoms with Crippen molar-refractivity contribution in [3.8, 4) is 0 Å². The van der Waals surface area contributed by atoms with Gasteiger partial charge in [0.05, 0.1) is 24.3 Å². The van der Waals surface area contributed by atoms with Crippen molar-refractivity contribution < 1.29 is 23.9 Å². The quantitative estimate of drug-likeness (QED) is 0.543. The molecule has 0 aromatic heterocycles. The molecule has 3 rings (SSSR count). The van der Waals surface area contributed by atoms with E-state index in [0.717, 1.165) is 15.5 Å². The zero-order valence-corrected chi connectivity index (χ0v) is 18.0. The Morgan fingerprint density at radius 3 is 2.47 bits per heavy atom. The Balaban J connectivity index is 1.95. The van der Waals surface area contributed by atoms with E-state index in [0.29, 0.717) is 10.2 Å². The Kier molecular flexibility index (Phi) is 6.51. The van der Waals surface area contributed by atoms with Gasteiger partial charge in [-0.2, -0.15) is 0 Å². The third kappa shape index (κ3) is 4.35. The number of nitrogens with zero attached hydrogens (tertiary/aromatic N) is 2. The number of hydrogen-bond acceptors (Lipinski definition) is 5. The summed E-state index contributed by atoms with van der Waals surface area (Å²) in [6.07, 6.45) is -1.16. The van der Waals surface area contributed by atoms with E-state index in [2.05, 4.69) is 21.4 Å². The van der Waals surface area contributed by atoms with Crippen LogP contribution in [0.15, 0.2) is 53.0 Å². The molecule has 1 heterocycles. The SMILES string of the molecule is CCOC(=O)NN(C(=O)c1ccccc1Br)C1CC(=O)N(c2ccc(C)cc2)C1=O. The van der Waals surface area contributed by atoms with Gasteiger partial charge >= 0.3 is 6.09 Å². The summed E-state index contributed by atoms with van der Waals surface area (Å²) in [5, 5.41) is 0.868. The minimum Gasteiger partial charge on any atom is -0.449 e. The number of amides is 4. The largest absolute Gasteiger partial charge is 0.449 e. The third-order valence-corrected chi connectivity index (χ3v) is 5.23. The van der Waals surface area contributed by atoms with Gasteiger partial charge < -0.3 is 4.74 Å². The number of rotatable bonds is 4. The highest BCUT2D eigenvalue weighted by Gasteiger charge is 2.45. The minimum absolute atomic E-state index is 0.0793. The molecule has 9 heteroatoms. The van der Waals surface area contributed by atoms with E-state index in [1.165, 1.54) is 0 Å². The lowest BCUT2D eigenvalue weighted by Crippen LogP contribution is -2.54. The Labute approximate surface area is 181 Å². The van der Waals surface area contributed by atoms with E-state index in [1.807, 2.05) is 6.92 Å². The van der Waals surface area contributed by atoms with Crippen LogP contribution in [0.2, 0.25) is 0 Å². The van der Waals surface area contributed by atoms with Crippen molar-refractivity contribution in [1.82, 2.24) is 10.4 Å². The Bertz CT molecular complexity index is 992. The molecule has 1 saturated heterocycles. The molecule has 1 fully saturated rings. The first-order valence-electron chi connectivity index (χ1n) is 9.28. The van der Waals surface area contributed by atoms with Crippen molar-refractivity contribution >= 4 is 45.4 Å². The first kappa shape index (κ1) is 21.5. The van der Waals surface area contributed by atoms with Crippen molar-refractivity contribution in [2.24, 2.45) is 0 Å². The highest BCUT2D eigenvalue weighted by atomic mass is 79.9. The maximum atomic E-state index is 13.2. The number of halogens is 1. The van der Waals surface area contributed by atoms with Crippen LogP contribution in [-0.4, -0.2) is 41.5 Å². The molecule has 4 amide bonds. The fraction of sp³-hybridized carbons (Fsp3) is 0.238. The summed E-state index contributed by atoms with van der Waals surface area (Å²) < 4.78 is 5.35. The summed E-state index contributed by atoms with van der Waals surface area (Å²) in [5.74, 6) is -1.72. The van der Waals surface area contributed by atoms with Gasteiger partial charge in [0, 0.05) is 4.47 Å². The predicted molar refractivity (Wildman–Crippen MR) is 113 cm³/mol. The minimum atomic E-state index is -1.21. The van der Waals surface area contributed by atoms with E-state index in [4.69, 9.17) is 4.74 Å². The molecule has 1 aliphatic rings. The molecule has 1 unspecified atom stereocenters. The highest BCUT2D eigenvalue weighted by Crippen LogP contribution is 2.27. The maximum Gasteiger partial charge on any atom is 0.426 e. The van der Waals surface area contributed by atoms with Gasteiger partial charge in [-0.15, -0.1) is 0 Å². The van der Waals surface area contributed by atoms with Crippen LogP contribution in [0.4, 0.5) is 10.5 Å². The topological polar surface area (TPSA) is 96.0 Å². The van der Waals surface area contributed by atoms with Gasteiger partial charge in [-0.25, -0.2) is 20.1 Å². The van der Waals surface area contributed by atoms with Gasteiger partial charge in [0.25, 0.3) is 11.8 Å². The van der Waals surface area contributed by atoms with Gasteiger partial charge in [0.15, 0.2) is 0 Å². The van der Waals surface area contributed by atoms with Crippen LogP contribution in [0.3, 0.4) is 0 Å². The van der Waals surface area contributed by atoms with Crippen LogP contribution < -0.4 is 10.3 Å². The Morgan fingerprint density at radius 1 is 1.17 bits per heavy atom. The molecular formula is C21H20BrN3O5. The fourth-order valence-corrected chi connectivity index (χ4v) is 3.53. The molecule has 2 aromatic rings. The van der Waals surface area contributed by atoms with Gasteiger partial charge in [-0.1, -0.05) is 29.8 Å². The second kappa shape index (κ2) is 9.08. The lowest BCUT2D eigenvalue weighted by molar-refractivity contribution is -0.122. The molecule has 1 N–H and O–H groups in total. The van der Waals surface area contributed by atoms with Crippen LogP contribution in [0.25, 0.3) is 0 Å². The van der Waals surface area contributed by atoms with E-state index in [9.17, 15) is 19.2 Å². The molecule has 0 saturated carbocycles. The molecule has 0 radical (unpaired) electrons. The van der Waals surface area contributed by atoms with Crippen LogP contribution >= 0.6 is 15.9 Å². The van der Waals surface area contributed by atoms with Gasteiger partial charge in [-0.05, 0) is 54.0 Å². The smallest absolute Gasteiger partial charge is 0.426 e. The van der Waals surface area contributed by atoms with Crippen molar-refractivity contribution in [3.63, 3.8) is 0 Å². The number of benzene rings is 2. The number of carbonyl (C=O) groups is 4. The molecular weight excluding hydrogens is 454 g/mol. The summed E-state index contributed by atoms with van der Waals surface area (Å²) in [6, 6.07) is 12.3. The van der Waals surface area contributed by atoms with Crippen LogP contribution in [0.1, 0.15) is 29.3 Å². The zero-order chi connectivity index (χ0) is 21.8. The van der Waals surface area contributed by atoms with E-state index >= 15 is 0 Å². The number of anilines is 1. The van der Waals surface area contributed by atoms with E-state index in [1.54, 1.807) is 55.5 Å². The molecule has 0 aliphatic carbocycles. The first-order valence-corrected chi connectivity index (χ1v) is 10.1. The number of aryl methyl sites for hydroxylation is 1. The van der Waals surface area contributed by atoms with Crippen LogP contribution in [-0.2, 0) is 14.3 Å². The molecule has 8 nitrogen and oxygen atoms in total. The Morgan fingerprint density at radius 2 is 1.83 bits per heavy atom. The van der Waals surface area contributed by atoms with Crippen molar-refractivity contribution in [2.45, 2.75) is 26.3 Å². The number of hydrogen-bond donors (Lipinski definition) is 1. The number of carbonyl (C=O) groups excluding carboxylic acids is 4. The number of nitrogens with one attached hydrogen (secondary N) is 1. The number of ether oxygens (including phenoxy) is 1. The Hall–Kier alpha value is -3.20. The van der Waals surface area contributed by atoms with E-state index < -0.39 is 29.9 Å². The molecule has 0 spiro atoms. The summed E-state index contributed by atoms with van der Waals surface area (Å²) in [5.41, 5.74) is 3.93. The van der Waals surface area contributed by atoms with Gasteiger partial charge in [-0.3, -0.25) is 14.4 Å². The standard InChI is InChI=1S/C21H20BrN3O5/c1-3-30-21(29)23-25(19(27)15-6-4-5-7-16(15)22)17-12-18(26)24(20(17)28)14-10-8-13(2)9-11-14/h4-11,17H,3,12H2,1-2H3,(H,23,29). The first-order chi connectivity index (χ1) is 14.3. The molecule has 2 aromatic carbocycles. The molecule has 30 heavy (non-hydrogen) atoms. The highest BCUT2D eigenvalue weighted by molar-refractivity contribution is 9.10. The second-order valence-corrected chi connectivity index (χ2v) is 7.46. The van der Waals surface area contributed by atoms with Crippen LogP contribution in [0, 0.1) is 6.92 Å². The zero-order valence-electron chi connectivity index (χ0n) is 16.4. The van der Waals surface area contributed by atoms with Gasteiger partial charge in [0.1, 0.15) is 6.04 Å². The lowest BCUT2D eigenvalue weighted by atomic mass is 10.1. The summed E-state index contributed by atoms with van der Waals surface area (Å²) in [7, 11) is 0.